The fraction of sp³-hybridized carbons (Fsp3) is 0.321. The predicted molar refractivity (Wildman–Crippen MR) is 138 cm³/mol. The summed E-state index contributed by atoms with van der Waals surface area (Å²) in [6.07, 6.45) is 7.58. The van der Waals surface area contributed by atoms with Crippen LogP contribution in [0.15, 0.2) is 48.9 Å². The van der Waals surface area contributed by atoms with Gasteiger partial charge in [-0.1, -0.05) is 0 Å². The second-order valence-corrected chi connectivity index (χ2v) is 9.78. The number of rotatable bonds is 8. The van der Waals surface area contributed by atoms with Gasteiger partial charge >= 0.3 is 5.97 Å². The van der Waals surface area contributed by atoms with Crippen molar-refractivity contribution in [1.82, 2.24) is 25.1 Å². The van der Waals surface area contributed by atoms with Crippen LogP contribution in [0.25, 0.3) is 22.3 Å². The molecule has 0 radical (unpaired) electrons. The van der Waals surface area contributed by atoms with E-state index in [9.17, 15) is 18.4 Å². The normalized spacial score (nSPS) is 17.2. The van der Waals surface area contributed by atoms with E-state index in [2.05, 4.69) is 20.4 Å². The summed E-state index contributed by atoms with van der Waals surface area (Å²) in [5, 5.41) is 16.9. The summed E-state index contributed by atoms with van der Waals surface area (Å²) < 4.78 is 35.0. The van der Waals surface area contributed by atoms with Crippen molar-refractivity contribution in [1.29, 1.82) is 0 Å². The van der Waals surface area contributed by atoms with Crippen molar-refractivity contribution < 1.29 is 28.2 Å². The van der Waals surface area contributed by atoms with E-state index in [4.69, 9.17) is 9.84 Å². The molecule has 1 aliphatic carbocycles. The van der Waals surface area contributed by atoms with Crippen LogP contribution in [0.2, 0.25) is 0 Å². The molecule has 2 heterocycles. The van der Waals surface area contributed by atoms with Crippen molar-refractivity contribution >= 4 is 22.8 Å². The van der Waals surface area contributed by atoms with Gasteiger partial charge in [-0.25, -0.2) is 18.7 Å². The molecule has 0 bridgehead atoms. The fourth-order valence-corrected chi connectivity index (χ4v) is 5.08. The lowest BCUT2D eigenvalue weighted by Gasteiger charge is -2.28. The topological polar surface area (TPSA) is 119 Å². The predicted octanol–water partition coefficient (Wildman–Crippen LogP) is 4.59. The SMILES string of the molecule is COc1cc(F)cc(-c2ncc(Cn3ncc4cc(F)cc(C(=O)NC5CCC(CC(=O)O)CC5)c43)cn2)c1. The van der Waals surface area contributed by atoms with E-state index in [0.29, 0.717) is 59.3 Å². The van der Waals surface area contributed by atoms with E-state index in [-0.39, 0.29) is 30.5 Å². The van der Waals surface area contributed by atoms with Crippen LogP contribution in [0.5, 0.6) is 5.75 Å². The molecule has 1 saturated carbocycles. The lowest BCUT2D eigenvalue weighted by atomic mass is 9.84. The Labute approximate surface area is 222 Å². The van der Waals surface area contributed by atoms with Gasteiger partial charge in [0, 0.05) is 47.4 Å². The average molecular weight is 536 g/mol. The number of ether oxygens (including phenoxy) is 1. The number of amides is 1. The lowest BCUT2D eigenvalue weighted by Crippen LogP contribution is -2.38. The van der Waals surface area contributed by atoms with Gasteiger partial charge in [-0.15, -0.1) is 0 Å². The molecule has 4 aromatic rings. The molecular weight excluding hydrogens is 508 g/mol. The summed E-state index contributed by atoms with van der Waals surface area (Å²) in [4.78, 5) is 32.9. The maximum Gasteiger partial charge on any atom is 0.303 e. The molecule has 1 aliphatic rings. The zero-order valence-electron chi connectivity index (χ0n) is 21.2. The minimum absolute atomic E-state index is 0.106. The number of hydrogen-bond donors (Lipinski definition) is 2. The molecule has 1 fully saturated rings. The summed E-state index contributed by atoms with van der Waals surface area (Å²) in [5.41, 5.74) is 1.79. The number of carbonyl (C=O) groups excluding carboxylic acids is 1. The Bertz CT molecular complexity index is 1510. The number of nitrogens with zero attached hydrogens (tertiary/aromatic N) is 4. The Hall–Kier alpha value is -4.41. The highest BCUT2D eigenvalue weighted by molar-refractivity contribution is 6.05. The zero-order chi connectivity index (χ0) is 27.5. The van der Waals surface area contributed by atoms with Crippen molar-refractivity contribution in [2.24, 2.45) is 5.92 Å². The molecular formula is C28H27F2N5O4. The first-order valence-corrected chi connectivity index (χ1v) is 12.6. The van der Waals surface area contributed by atoms with Crippen LogP contribution in [0, 0.1) is 17.6 Å². The number of nitrogens with one attached hydrogen (secondary N) is 1. The van der Waals surface area contributed by atoms with Gasteiger partial charge in [0.2, 0.25) is 0 Å². The molecule has 2 N–H and O–H groups in total. The summed E-state index contributed by atoms with van der Waals surface area (Å²) in [6.45, 7) is 0.225. The van der Waals surface area contributed by atoms with Crippen LogP contribution in [-0.4, -0.2) is 49.9 Å². The third-order valence-corrected chi connectivity index (χ3v) is 6.99. The van der Waals surface area contributed by atoms with Gasteiger partial charge in [-0.3, -0.25) is 14.3 Å². The third kappa shape index (κ3) is 6.02. The number of fused-ring (bicyclic) bond motifs is 1. The maximum atomic E-state index is 14.4. The molecule has 0 saturated heterocycles. The monoisotopic (exact) mass is 535 g/mol. The van der Waals surface area contributed by atoms with Crippen LogP contribution >= 0.6 is 0 Å². The highest BCUT2D eigenvalue weighted by Gasteiger charge is 2.26. The highest BCUT2D eigenvalue weighted by atomic mass is 19.1. The van der Waals surface area contributed by atoms with Gasteiger partial charge in [0.05, 0.1) is 30.9 Å². The van der Waals surface area contributed by atoms with Gasteiger partial charge in [-0.05, 0) is 55.9 Å². The quantitative estimate of drug-likeness (QED) is 0.339. The molecule has 0 spiro atoms. The van der Waals surface area contributed by atoms with Crippen molar-refractivity contribution in [3.05, 3.63) is 71.7 Å². The third-order valence-electron chi connectivity index (χ3n) is 6.99. The first kappa shape index (κ1) is 26.2. The van der Waals surface area contributed by atoms with Crippen LogP contribution in [0.3, 0.4) is 0 Å². The van der Waals surface area contributed by atoms with E-state index in [1.54, 1.807) is 23.1 Å². The molecule has 0 unspecified atom stereocenters. The first-order valence-electron chi connectivity index (χ1n) is 12.6. The van der Waals surface area contributed by atoms with Crippen LogP contribution in [0.4, 0.5) is 8.78 Å². The fourth-order valence-electron chi connectivity index (χ4n) is 5.08. The number of aromatic nitrogens is 4. The van der Waals surface area contributed by atoms with Crippen molar-refractivity contribution in [2.45, 2.75) is 44.7 Å². The van der Waals surface area contributed by atoms with E-state index < -0.39 is 23.5 Å². The van der Waals surface area contributed by atoms with Gasteiger partial charge in [0.1, 0.15) is 17.4 Å². The van der Waals surface area contributed by atoms with Crippen LogP contribution in [0.1, 0.15) is 48.0 Å². The van der Waals surface area contributed by atoms with Gasteiger partial charge in [0.15, 0.2) is 5.82 Å². The molecule has 0 atom stereocenters. The second-order valence-electron chi connectivity index (χ2n) is 9.78. The number of hydrogen-bond acceptors (Lipinski definition) is 6. The number of aliphatic carboxylic acids is 1. The van der Waals surface area contributed by atoms with Crippen molar-refractivity contribution in [3.63, 3.8) is 0 Å². The second kappa shape index (κ2) is 11.1. The minimum atomic E-state index is -0.813. The Morgan fingerprint density at radius 3 is 2.44 bits per heavy atom. The number of halogens is 2. The summed E-state index contributed by atoms with van der Waals surface area (Å²) in [7, 11) is 1.45. The molecule has 202 valence electrons. The van der Waals surface area contributed by atoms with Crippen LogP contribution in [-0.2, 0) is 11.3 Å². The Morgan fingerprint density at radius 1 is 1.03 bits per heavy atom. The highest BCUT2D eigenvalue weighted by Crippen LogP contribution is 2.28. The smallest absolute Gasteiger partial charge is 0.303 e. The Morgan fingerprint density at radius 2 is 1.74 bits per heavy atom. The van der Waals surface area contributed by atoms with Crippen LogP contribution < -0.4 is 10.1 Å². The Balaban J connectivity index is 1.34. The minimum Gasteiger partial charge on any atom is -0.497 e. The zero-order valence-corrected chi connectivity index (χ0v) is 21.2. The van der Waals surface area contributed by atoms with Gasteiger partial charge < -0.3 is 15.2 Å². The number of carboxylic acids is 1. The molecule has 2 aromatic carbocycles. The average Bonchev–Trinajstić information content (AvgIpc) is 3.31. The number of benzene rings is 2. The van der Waals surface area contributed by atoms with E-state index in [1.165, 1.54) is 37.6 Å². The standard InChI is InChI=1S/C28H27F2N5O4/c1-39-23-9-18(7-20(29)10-23)27-31-12-17(13-32-27)15-35-26-19(14-33-35)8-21(30)11-24(26)28(38)34-22-4-2-16(3-5-22)6-25(36)37/h7-14,16,22H,2-6,15H2,1H3,(H,34,38)(H,36,37). The van der Waals surface area contributed by atoms with E-state index in [1.807, 2.05) is 0 Å². The van der Waals surface area contributed by atoms with Gasteiger partial charge in [0.25, 0.3) is 5.91 Å². The molecule has 9 nitrogen and oxygen atoms in total. The van der Waals surface area contributed by atoms with Crippen molar-refractivity contribution in [2.75, 3.05) is 7.11 Å². The summed E-state index contributed by atoms with van der Waals surface area (Å²) in [5.74, 6) is -1.45. The molecule has 0 aliphatic heterocycles. The van der Waals surface area contributed by atoms with E-state index in [0.717, 1.165) is 0 Å². The summed E-state index contributed by atoms with van der Waals surface area (Å²) >= 11 is 0. The first-order chi connectivity index (χ1) is 18.8. The molecule has 39 heavy (non-hydrogen) atoms. The lowest BCUT2D eigenvalue weighted by molar-refractivity contribution is -0.138. The molecule has 1 amide bonds. The molecule has 5 rings (SSSR count). The number of methoxy groups -OCH3 is 1. The maximum absolute atomic E-state index is 14.4. The van der Waals surface area contributed by atoms with E-state index >= 15 is 0 Å². The number of carboxylic acid groups (broad SMARTS) is 1. The van der Waals surface area contributed by atoms with Gasteiger partial charge in [-0.2, -0.15) is 5.10 Å². The molecule has 11 heteroatoms. The largest absolute Gasteiger partial charge is 0.497 e. The summed E-state index contributed by atoms with van der Waals surface area (Å²) in [6, 6.07) is 6.63. The number of carbonyl (C=O) groups is 2. The van der Waals surface area contributed by atoms with Crippen molar-refractivity contribution in [3.8, 4) is 17.1 Å². The Kier molecular flexibility index (Phi) is 7.49. The molecule has 2 aromatic heterocycles.